The van der Waals surface area contributed by atoms with Gasteiger partial charge < -0.3 is 10.4 Å². The summed E-state index contributed by atoms with van der Waals surface area (Å²) in [6.07, 6.45) is 0.0648. The Balaban J connectivity index is 2.04. The van der Waals surface area contributed by atoms with Crippen LogP contribution in [0.4, 0.5) is 0 Å². The molecular formula is C14H13BrClNO2S. The van der Waals surface area contributed by atoms with Crippen LogP contribution >= 0.6 is 38.9 Å². The quantitative estimate of drug-likeness (QED) is 0.784. The third kappa shape index (κ3) is 4.31. The van der Waals surface area contributed by atoms with Gasteiger partial charge in [0.25, 0.3) is 0 Å². The third-order valence-electron chi connectivity index (χ3n) is 2.80. The highest BCUT2D eigenvalue weighted by Crippen LogP contribution is 2.25. The Morgan fingerprint density at radius 1 is 1.45 bits per heavy atom. The maximum absolute atomic E-state index is 11.0. The summed E-state index contributed by atoms with van der Waals surface area (Å²) in [6.45, 7) is 0.589. The van der Waals surface area contributed by atoms with Crippen LogP contribution in [0.2, 0.25) is 5.02 Å². The summed E-state index contributed by atoms with van der Waals surface area (Å²) in [5.74, 6) is -0.812. The zero-order valence-electron chi connectivity index (χ0n) is 10.5. The van der Waals surface area contributed by atoms with E-state index in [1.165, 1.54) is 0 Å². The predicted molar refractivity (Wildman–Crippen MR) is 85.3 cm³/mol. The molecule has 2 N–H and O–H groups in total. The van der Waals surface area contributed by atoms with Gasteiger partial charge >= 0.3 is 5.97 Å². The lowest BCUT2D eigenvalue weighted by Gasteiger charge is -2.15. The smallest absolute Gasteiger partial charge is 0.305 e. The third-order valence-corrected chi connectivity index (χ3v) is 5.00. The van der Waals surface area contributed by atoms with Crippen molar-refractivity contribution in [2.45, 2.75) is 19.0 Å². The maximum Gasteiger partial charge on any atom is 0.305 e. The van der Waals surface area contributed by atoms with Crippen LogP contribution in [0.15, 0.2) is 40.2 Å². The summed E-state index contributed by atoms with van der Waals surface area (Å²) in [4.78, 5) is 12.0. The van der Waals surface area contributed by atoms with E-state index < -0.39 is 5.97 Å². The second-order valence-electron chi connectivity index (χ2n) is 4.30. The van der Waals surface area contributed by atoms with Crippen molar-refractivity contribution < 1.29 is 9.90 Å². The van der Waals surface area contributed by atoms with Crippen molar-refractivity contribution in [2.24, 2.45) is 0 Å². The number of thiophene rings is 1. The van der Waals surface area contributed by atoms with Gasteiger partial charge in [0.05, 0.1) is 17.5 Å². The van der Waals surface area contributed by atoms with Gasteiger partial charge in [-0.3, -0.25) is 4.79 Å². The average Bonchev–Trinajstić information content (AvgIpc) is 2.92. The Kier molecular flexibility index (Phi) is 5.60. The number of carboxylic acids is 1. The first-order chi connectivity index (χ1) is 9.56. The van der Waals surface area contributed by atoms with Crippen LogP contribution in [0.1, 0.15) is 22.9 Å². The first-order valence-corrected chi connectivity index (χ1v) is 8.04. The Morgan fingerprint density at radius 3 is 2.85 bits per heavy atom. The molecule has 0 saturated carbocycles. The van der Waals surface area contributed by atoms with Gasteiger partial charge in [-0.05, 0) is 45.1 Å². The summed E-state index contributed by atoms with van der Waals surface area (Å²) in [7, 11) is 0. The normalized spacial score (nSPS) is 12.3. The van der Waals surface area contributed by atoms with Gasteiger partial charge in [-0.15, -0.1) is 11.3 Å². The number of nitrogens with one attached hydrogen (secondary N) is 1. The monoisotopic (exact) mass is 373 g/mol. The molecule has 2 rings (SSSR count). The molecule has 0 saturated heterocycles. The molecule has 0 aliphatic heterocycles. The van der Waals surface area contributed by atoms with Gasteiger partial charge in [0.15, 0.2) is 0 Å². The molecule has 1 unspecified atom stereocenters. The van der Waals surface area contributed by atoms with Gasteiger partial charge in [-0.25, -0.2) is 0 Å². The largest absolute Gasteiger partial charge is 0.481 e. The molecule has 0 fully saturated rings. The van der Waals surface area contributed by atoms with E-state index in [2.05, 4.69) is 21.2 Å². The number of carbonyl (C=O) groups is 1. The molecule has 0 aliphatic carbocycles. The minimum atomic E-state index is -0.812. The van der Waals surface area contributed by atoms with Crippen LogP contribution in [-0.2, 0) is 11.3 Å². The van der Waals surface area contributed by atoms with Crippen LogP contribution in [0.25, 0.3) is 0 Å². The maximum atomic E-state index is 11.0. The molecule has 20 heavy (non-hydrogen) atoms. The zero-order chi connectivity index (χ0) is 14.5. The number of rotatable bonds is 6. The summed E-state index contributed by atoms with van der Waals surface area (Å²) >= 11 is 10.9. The van der Waals surface area contributed by atoms with Crippen LogP contribution in [-0.4, -0.2) is 11.1 Å². The molecule has 0 aliphatic rings. The van der Waals surface area contributed by atoms with Crippen LogP contribution in [0, 0.1) is 0 Å². The molecular weight excluding hydrogens is 362 g/mol. The molecule has 0 bridgehead atoms. The van der Waals surface area contributed by atoms with Crippen LogP contribution in [0.5, 0.6) is 0 Å². The SMILES string of the molecule is O=C(O)CC(NCc1ccc(Cl)c(Br)c1)c1cccs1. The van der Waals surface area contributed by atoms with E-state index in [-0.39, 0.29) is 12.5 Å². The molecule has 106 valence electrons. The Labute approximate surface area is 134 Å². The summed E-state index contributed by atoms with van der Waals surface area (Å²) in [6, 6.07) is 9.37. The minimum absolute atomic E-state index is 0.0648. The number of hydrogen-bond donors (Lipinski definition) is 2. The highest BCUT2D eigenvalue weighted by molar-refractivity contribution is 9.10. The lowest BCUT2D eigenvalue weighted by molar-refractivity contribution is -0.137. The average molecular weight is 375 g/mol. The Bertz CT molecular complexity index is 589. The van der Waals surface area contributed by atoms with E-state index in [1.807, 2.05) is 35.7 Å². The highest BCUT2D eigenvalue weighted by atomic mass is 79.9. The Morgan fingerprint density at radius 2 is 2.25 bits per heavy atom. The molecule has 0 radical (unpaired) electrons. The topological polar surface area (TPSA) is 49.3 Å². The number of benzene rings is 1. The van der Waals surface area contributed by atoms with Crippen molar-refractivity contribution in [2.75, 3.05) is 0 Å². The van der Waals surface area contributed by atoms with E-state index in [0.717, 1.165) is 14.9 Å². The van der Waals surface area contributed by atoms with Crippen LogP contribution in [0.3, 0.4) is 0 Å². The van der Waals surface area contributed by atoms with Crippen molar-refractivity contribution in [3.05, 3.63) is 55.6 Å². The Hall–Kier alpha value is -0.880. The summed E-state index contributed by atoms with van der Waals surface area (Å²) in [5.41, 5.74) is 1.05. The lowest BCUT2D eigenvalue weighted by Crippen LogP contribution is -2.22. The van der Waals surface area contributed by atoms with E-state index in [9.17, 15) is 4.79 Å². The number of aliphatic carboxylic acids is 1. The summed E-state index contributed by atoms with van der Waals surface area (Å²) < 4.78 is 0.837. The second kappa shape index (κ2) is 7.22. The van der Waals surface area contributed by atoms with Crippen molar-refractivity contribution in [3.63, 3.8) is 0 Å². The highest BCUT2D eigenvalue weighted by Gasteiger charge is 2.16. The van der Waals surface area contributed by atoms with E-state index >= 15 is 0 Å². The van der Waals surface area contributed by atoms with Crippen molar-refractivity contribution in [1.29, 1.82) is 0 Å². The second-order valence-corrected chi connectivity index (χ2v) is 6.54. The fraction of sp³-hybridized carbons (Fsp3) is 0.214. The van der Waals surface area contributed by atoms with Crippen LogP contribution < -0.4 is 5.32 Å². The van der Waals surface area contributed by atoms with Gasteiger partial charge in [-0.1, -0.05) is 23.7 Å². The first kappa shape index (κ1) is 15.5. The standard InChI is InChI=1S/C14H13BrClNO2S/c15-10-6-9(3-4-11(10)16)8-17-12(7-14(18)19)13-2-1-5-20-13/h1-6,12,17H,7-8H2,(H,18,19). The molecule has 1 aromatic carbocycles. The molecule has 3 nitrogen and oxygen atoms in total. The molecule has 2 aromatic rings. The molecule has 0 spiro atoms. The molecule has 1 atom stereocenters. The van der Waals surface area contributed by atoms with Crippen molar-refractivity contribution in [1.82, 2.24) is 5.32 Å². The molecule has 1 heterocycles. The van der Waals surface area contributed by atoms with Gasteiger partial charge in [0.2, 0.25) is 0 Å². The molecule has 0 amide bonds. The number of hydrogen-bond acceptors (Lipinski definition) is 3. The predicted octanol–water partition coefficient (Wildman–Crippen LogP) is 4.47. The van der Waals surface area contributed by atoms with E-state index in [0.29, 0.717) is 11.6 Å². The van der Waals surface area contributed by atoms with Gasteiger partial charge in [0, 0.05) is 15.9 Å². The molecule has 6 heteroatoms. The lowest BCUT2D eigenvalue weighted by atomic mass is 10.1. The first-order valence-electron chi connectivity index (χ1n) is 5.99. The van der Waals surface area contributed by atoms with E-state index in [1.54, 1.807) is 11.3 Å². The van der Waals surface area contributed by atoms with Crippen molar-refractivity contribution in [3.8, 4) is 0 Å². The van der Waals surface area contributed by atoms with Crippen molar-refractivity contribution >= 4 is 44.8 Å². The fourth-order valence-corrected chi connectivity index (χ4v) is 3.17. The number of halogens is 2. The number of carboxylic acid groups (broad SMARTS) is 1. The zero-order valence-corrected chi connectivity index (χ0v) is 13.6. The molecule has 1 aromatic heterocycles. The fourth-order valence-electron chi connectivity index (χ4n) is 1.83. The minimum Gasteiger partial charge on any atom is -0.481 e. The van der Waals surface area contributed by atoms with Gasteiger partial charge in [-0.2, -0.15) is 0 Å². The summed E-state index contributed by atoms with van der Waals surface area (Å²) in [5, 5.41) is 14.9. The van der Waals surface area contributed by atoms with E-state index in [4.69, 9.17) is 16.7 Å². The van der Waals surface area contributed by atoms with Gasteiger partial charge in [0.1, 0.15) is 0 Å².